The van der Waals surface area contributed by atoms with E-state index in [2.05, 4.69) is 48.5 Å². The average Bonchev–Trinajstić information content (AvgIpc) is 2.87. The van der Waals surface area contributed by atoms with Gasteiger partial charge >= 0.3 is 0 Å². The number of furan rings is 1. The SMILES string of the molecule is Cc1ccc(-c2cccc(-c3ccccc3)c2)o1. The summed E-state index contributed by atoms with van der Waals surface area (Å²) in [5.74, 6) is 1.86. The summed E-state index contributed by atoms with van der Waals surface area (Å²) in [7, 11) is 0. The summed E-state index contributed by atoms with van der Waals surface area (Å²) in [5, 5.41) is 0. The van der Waals surface area contributed by atoms with Gasteiger partial charge in [0.05, 0.1) is 0 Å². The average molecular weight is 234 g/mol. The van der Waals surface area contributed by atoms with Crippen LogP contribution in [0.1, 0.15) is 5.76 Å². The van der Waals surface area contributed by atoms with Crippen molar-refractivity contribution >= 4 is 0 Å². The van der Waals surface area contributed by atoms with Crippen LogP contribution in [0.15, 0.2) is 71.1 Å². The topological polar surface area (TPSA) is 13.1 Å². The van der Waals surface area contributed by atoms with Gasteiger partial charge in [-0.1, -0.05) is 48.5 Å². The van der Waals surface area contributed by atoms with Gasteiger partial charge in [0.2, 0.25) is 0 Å². The lowest BCUT2D eigenvalue weighted by Crippen LogP contribution is -1.79. The fraction of sp³-hybridized carbons (Fsp3) is 0.0588. The molecule has 3 rings (SSSR count). The van der Waals surface area contributed by atoms with E-state index in [1.807, 2.05) is 25.1 Å². The molecular formula is C17H14O. The minimum absolute atomic E-state index is 0.922. The van der Waals surface area contributed by atoms with Gasteiger partial charge in [0, 0.05) is 5.56 Å². The lowest BCUT2D eigenvalue weighted by atomic mass is 10.0. The Kier molecular flexibility index (Phi) is 2.73. The Bertz CT molecular complexity index is 650. The molecule has 0 amide bonds. The van der Waals surface area contributed by atoms with Gasteiger partial charge in [-0.2, -0.15) is 0 Å². The second-order valence-electron chi connectivity index (χ2n) is 4.36. The Hall–Kier alpha value is -2.28. The van der Waals surface area contributed by atoms with Crippen LogP contribution in [0.3, 0.4) is 0 Å². The first kappa shape index (κ1) is 10.8. The fourth-order valence-electron chi connectivity index (χ4n) is 2.07. The molecule has 1 heterocycles. The van der Waals surface area contributed by atoms with Crippen molar-refractivity contribution in [1.82, 2.24) is 0 Å². The molecule has 0 radical (unpaired) electrons. The van der Waals surface area contributed by atoms with E-state index in [1.165, 1.54) is 11.1 Å². The van der Waals surface area contributed by atoms with E-state index in [9.17, 15) is 0 Å². The molecule has 0 fully saturated rings. The molecule has 88 valence electrons. The van der Waals surface area contributed by atoms with Crippen LogP contribution in [-0.4, -0.2) is 0 Å². The summed E-state index contributed by atoms with van der Waals surface area (Å²) in [6.07, 6.45) is 0. The van der Waals surface area contributed by atoms with Crippen LogP contribution in [0.5, 0.6) is 0 Å². The Morgan fingerprint density at radius 3 is 2.11 bits per heavy atom. The van der Waals surface area contributed by atoms with Crippen molar-refractivity contribution in [2.45, 2.75) is 6.92 Å². The van der Waals surface area contributed by atoms with Crippen LogP contribution in [0.2, 0.25) is 0 Å². The van der Waals surface area contributed by atoms with Gasteiger partial charge in [-0.15, -0.1) is 0 Å². The number of benzene rings is 2. The van der Waals surface area contributed by atoms with Crippen molar-refractivity contribution in [3.05, 3.63) is 72.5 Å². The molecule has 1 aromatic heterocycles. The van der Waals surface area contributed by atoms with Gasteiger partial charge in [0.15, 0.2) is 0 Å². The van der Waals surface area contributed by atoms with E-state index < -0.39 is 0 Å². The van der Waals surface area contributed by atoms with Crippen molar-refractivity contribution < 1.29 is 4.42 Å². The third kappa shape index (κ3) is 2.07. The summed E-state index contributed by atoms with van der Waals surface area (Å²) in [6.45, 7) is 1.96. The van der Waals surface area contributed by atoms with Gasteiger partial charge in [-0.05, 0) is 36.2 Å². The maximum atomic E-state index is 5.66. The van der Waals surface area contributed by atoms with Crippen LogP contribution in [0.25, 0.3) is 22.5 Å². The van der Waals surface area contributed by atoms with Gasteiger partial charge in [0.1, 0.15) is 11.5 Å². The van der Waals surface area contributed by atoms with E-state index in [-0.39, 0.29) is 0 Å². The minimum Gasteiger partial charge on any atom is -0.461 e. The van der Waals surface area contributed by atoms with Crippen molar-refractivity contribution in [3.63, 3.8) is 0 Å². The Labute approximate surface area is 107 Å². The lowest BCUT2D eigenvalue weighted by Gasteiger charge is -2.03. The smallest absolute Gasteiger partial charge is 0.134 e. The zero-order chi connectivity index (χ0) is 12.4. The molecule has 18 heavy (non-hydrogen) atoms. The maximum absolute atomic E-state index is 5.66. The highest BCUT2D eigenvalue weighted by atomic mass is 16.3. The fourth-order valence-corrected chi connectivity index (χ4v) is 2.07. The zero-order valence-corrected chi connectivity index (χ0v) is 10.3. The third-order valence-electron chi connectivity index (χ3n) is 2.99. The second kappa shape index (κ2) is 4.53. The van der Waals surface area contributed by atoms with Crippen LogP contribution in [-0.2, 0) is 0 Å². The van der Waals surface area contributed by atoms with Gasteiger partial charge in [-0.25, -0.2) is 0 Å². The number of hydrogen-bond acceptors (Lipinski definition) is 1. The molecule has 0 unspecified atom stereocenters. The summed E-state index contributed by atoms with van der Waals surface area (Å²) in [5.41, 5.74) is 3.55. The van der Waals surface area contributed by atoms with Crippen molar-refractivity contribution in [1.29, 1.82) is 0 Å². The van der Waals surface area contributed by atoms with Crippen LogP contribution in [0.4, 0.5) is 0 Å². The molecule has 2 aromatic carbocycles. The number of rotatable bonds is 2. The molecule has 0 saturated heterocycles. The highest BCUT2D eigenvalue weighted by Gasteiger charge is 2.04. The molecular weight excluding hydrogens is 220 g/mol. The molecule has 0 atom stereocenters. The first-order valence-corrected chi connectivity index (χ1v) is 6.05. The summed E-state index contributed by atoms with van der Waals surface area (Å²) >= 11 is 0. The van der Waals surface area contributed by atoms with Crippen molar-refractivity contribution in [2.75, 3.05) is 0 Å². The van der Waals surface area contributed by atoms with Gasteiger partial charge < -0.3 is 4.42 Å². The highest BCUT2D eigenvalue weighted by Crippen LogP contribution is 2.27. The van der Waals surface area contributed by atoms with Crippen LogP contribution >= 0.6 is 0 Å². The predicted octanol–water partition coefficient (Wildman–Crippen LogP) is 4.92. The van der Waals surface area contributed by atoms with E-state index in [1.54, 1.807) is 0 Å². The standard InChI is InChI=1S/C17H14O/c1-13-10-11-17(18-13)16-9-5-8-15(12-16)14-6-3-2-4-7-14/h2-12H,1H3. The van der Waals surface area contributed by atoms with Crippen LogP contribution in [0, 0.1) is 6.92 Å². The molecule has 0 N–H and O–H groups in total. The molecule has 0 saturated carbocycles. The van der Waals surface area contributed by atoms with E-state index in [0.717, 1.165) is 17.1 Å². The zero-order valence-electron chi connectivity index (χ0n) is 10.3. The molecule has 0 spiro atoms. The van der Waals surface area contributed by atoms with Gasteiger partial charge in [-0.3, -0.25) is 0 Å². The van der Waals surface area contributed by atoms with E-state index >= 15 is 0 Å². The predicted molar refractivity (Wildman–Crippen MR) is 74.3 cm³/mol. The monoisotopic (exact) mass is 234 g/mol. The first-order chi connectivity index (χ1) is 8.83. The lowest BCUT2D eigenvalue weighted by molar-refractivity contribution is 0.548. The number of hydrogen-bond donors (Lipinski definition) is 0. The highest BCUT2D eigenvalue weighted by molar-refractivity contribution is 5.70. The molecule has 3 aromatic rings. The molecule has 0 aliphatic heterocycles. The normalized spacial score (nSPS) is 10.5. The Morgan fingerprint density at radius 2 is 1.39 bits per heavy atom. The number of aryl methyl sites for hydroxylation is 1. The summed E-state index contributed by atoms with van der Waals surface area (Å²) in [6, 6.07) is 22.8. The first-order valence-electron chi connectivity index (χ1n) is 6.05. The van der Waals surface area contributed by atoms with E-state index in [4.69, 9.17) is 4.42 Å². The largest absolute Gasteiger partial charge is 0.461 e. The molecule has 1 heteroatoms. The third-order valence-corrected chi connectivity index (χ3v) is 2.99. The van der Waals surface area contributed by atoms with Crippen molar-refractivity contribution in [2.24, 2.45) is 0 Å². The van der Waals surface area contributed by atoms with Crippen molar-refractivity contribution in [3.8, 4) is 22.5 Å². The Balaban J connectivity index is 2.05. The molecule has 0 aliphatic carbocycles. The van der Waals surface area contributed by atoms with Gasteiger partial charge in [0.25, 0.3) is 0 Å². The summed E-state index contributed by atoms with van der Waals surface area (Å²) in [4.78, 5) is 0. The molecule has 1 nitrogen and oxygen atoms in total. The van der Waals surface area contributed by atoms with E-state index in [0.29, 0.717) is 0 Å². The quantitative estimate of drug-likeness (QED) is 0.613. The molecule has 0 bridgehead atoms. The maximum Gasteiger partial charge on any atom is 0.134 e. The summed E-state index contributed by atoms with van der Waals surface area (Å²) < 4.78 is 5.66. The second-order valence-corrected chi connectivity index (χ2v) is 4.36. The van der Waals surface area contributed by atoms with Crippen LogP contribution < -0.4 is 0 Å². The Morgan fingerprint density at radius 1 is 0.667 bits per heavy atom. The molecule has 0 aliphatic rings. The minimum atomic E-state index is 0.922.